The molecule has 2 aliphatic rings. The van der Waals surface area contributed by atoms with Crippen LogP contribution in [0.1, 0.15) is 25.8 Å². The lowest BCUT2D eigenvalue weighted by atomic mass is 10.2. The normalized spacial score (nSPS) is 18.6. The van der Waals surface area contributed by atoms with E-state index >= 15 is 0 Å². The summed E-state index contributed by atoms with van der Waals surface area (Å²) in [7, 11) is 0. The van der Waals surface area contributed by atoms with E-state index in [1.54, 1.807) is 4.52 Å². The Bertz CT molecular complexity index is 814. The second-order valence-electron chi connectivity index (χ2n) is 6.56. The van der Waals surface area contributed by atoms with Gasteiger partial charge in [-0.3, -0.25) is 10.1 Å². The maximum absolute atomic E-state index is 11.4. The van der Waals surface area contributed by atoms with Crippen molar-refractivity contribution in [3.8, 4) is 0 Å². The summed E-state index contributed by atoms with van der Waals surface area (Å²) in [5.74, 6) is 1.80. The average Bonchev–Trinajstić information content (AvgIpc) is 3.24. The minimum Gasteiger partial charge on any atom is -0.378 e. The smallest absolute Gasteiger partial charge is 0.333 e. The van der Waals surface area contributed by atoms with Crippen LogP contribution in [0.25, 0.3) is 5.65 Å². The van der Waals surface area contributed by atoms with Gasteiger partial charge in [-0.2, -0.15) is 9.61 Å². The Morgan fingerprint density at radius 3 is 2.80 bits per heavy atom. The summed E-state index contributed by atoms with van der Waals surface area (Å²) in [4.78, 5) is 20.1. The molecule has 4 rings (SSSR count). The fourth-order valence-corrected chi connectivity index (χ4v) is 3.66. The molecule has 25 heavy (non-hydrogen) atoms. The van der Waals surface area contributed by atoms with Gasteiger partial charge in [-0.25, -0.2) is 4.98 Å². The van der Waals surface area contributed by atoms with Gasteiger partial charge in [0, 0.05) is 31.2 Å². The third-order valence-electron chi connectivity index (χ3n) is 5.18. The second kappa shape index (κ2) is 6.14. The van der Waals surface area contributed by atoms with Gasteiger partial charge in [-0.1, -0.05) is 6.92 Å². The minimum atomic E-state index is -0.409. The number of nitro groups is 1. The largest absolute Gasteiger partial charge is 0.378 e. The highest BCUT2D eigenvalue weighted by atomic mass is 16.6. The highest BCUT2D eigenvalue weighted by Crippen LogP contribution is 2.38. The van der Waals surface area contributed by atoms with E-state index in [-0.39, 0.29) is 5.69 Å². The summed E-state index contributed by atoms with van der Waals surface area (Å²) >= 11 is 0. The van der Waals surface area contributed by atoms with Gasteiger partial charge < -0.3 is 14.5 Å². The number of nitrogens with zero attached hydrogens (tertiary/aromatic N) is 6. The standard InChI is InChI=1S/C16H22N6O3/c1-3-11(2)20-5-4-12-14(19-6-8-25-9-7-19)18-15-13(22(23)24)10-17-21(15)16(12)20/h10-11H,3-9H2,1-2H3. The van der Waals surface area contributed by atoms with Crippen LogP contribution in [0.4, 0.5) is 17.3 Å². The van der Waals surface area contributed by atoms with Crippen LogP contribution in [0.15, 0.2) is 6.20 Å². The van der Waals surface area contributed by atoms with Crippen LogP contribution in [0, 0.1) is 10.1 Å². The third-order valence-corrected chi connectivity index (χ3v) is 5.18. The van der Waals surface area contributed by atoms with Crippen molar-refractivity contribution in [2.45, 2.75) is 32.7 Å². The van der Waals surface area contributed by atoms with Gasteiger partial charge >= 0.3 is 5.69 Å². The van der Waals surface area contributed by atoms with Crippen LogP contribution in [-0.2, 0) is 11.2 Å². The van der Waals surface area contributed by atoms with Crippen molar-refractivity contribution in [3.63, 3.8) is 0 Å². The lowest BCUT2D eigenvalue weighted by Gasteiger charge is -2.30. The van der Waals surface area contributed by atoms with E-state index in [0.717, 1.165) is 49.7 Å². The van der Waals surface area contributed by atoms with Gasteiger partial charge in [0.1, 0.15) is 17.8 Å². The van der Waals surface area contributed by atoms with E-state index in [9.17, 15) is 10.1 Å². The van der Waals surface area contributed by atoms with Crippen molar-refractivity contribution in [3.05, 3.63) is 21.9 Å². The van der Waals surface area contributed by atoms with Crippen molar-refractivity contribution in [2.24, 2.45) is 0 Å². The Morgan fingerprint density at radius 1 is 1.36 bits per heavy atom. The van der Waals surface area contributed by atoms with E-state index < -0.39 is 4.92 Å². The van der Waals surface area contributed by atoms with E-state index in [0.29, 0.717) is 24.9 Å². The highest BCUT2D eigenvalue weighted by molar-refractivity contribution is 5.73. The van der Waals surface area contributed by atoms with Crippen LogP contribution in [-0.4, -0.2) is 58.4 Å². The quantitative estimate of drug-likeness (QED) is 0.614. The summed E-state index contributed by atoms with van der Waals surface area (Å²) in [5, 5.41) is 15.7. The van der Waals surface area contributed by atoms with Crippen LogP contribution in [0.2, 0.25) is 0 Å². The van der Waals surface area contributed by atoms with Crippen LogP contribution >= 0.6 is 0 Å². The van der Waals surface area contributed by atoms with Gasteiger partial charge in [0.15, 0.2) is 0 Å². The summed E-state index contributed by atoms with van der Waals surface area (Å²) in [6.45, 7) is 8.01. The predicted octanol–water partition coefficient (Wildman–Crippen LogP) is 1.64. The Kier molecular flexibility index (Phi) is 3.95. The fraction of sp³-hybridized carbons (Fsp3) is 0.625. The van der Waals surface area contributed by atoms with E-state index in [4.69, 9.17) is 4.74 Å². The number of rotatable bonds is 4. The molecule has 0 aromatic carbocycles. The molecule has 1 atom stereocenters. The summed E-state index contributed by atoms with van der Waals surface area (Å²) < 4.78 is 7.10. The zero-order valence-corrected chi connectivity index (χ0v) is 14.5. The number of hydrogen-bond donors (Lipinski definition) is 0. The van der Waals surface area contributed by atoms with Crippen LogP contribution < -0.4 is 9.80 Å². The first-order valence-electron chi connectivity index (χ1n) is 8.76. The number of morpholine rings is 1. The Hall–Kier alpha value is -2.42. The molecule has 4 heterocycles. The highest BCUT2D eigenvalue weighted by Gasteiger charge is 2.33. The number of ether oxygens (including phenoxy) is 1. The molecule has 1 saturated heterocycles. The van der Waals surface area contributed by atoms with Gasteiger partial charge in [0.05, 0.1) is 18.1 Å². The molecular weight excluding hydrogens is 324 g/mol. The maximum atomic E-state index is 11.4. The molecule has 0 bridgehead atoms. The van der Waals surface area contributed by atoms with Crippen molar-refractivity contribution < 1.29 is 9.66 Å². The minimum absolute atomic E-state index is 0.0479. The van der Waals surface area contributed by atoms with E-state index in [1.807, 2.05) is 0 Å². The topological polar surface area (TPSA) is 89.0 Å². The molecular formula is C16H22N6O3. The number of hydrogen-bond acceptors (Lipinski definition) is 7. The number of anilines is 2. The first-order chi connectivity index (χ1) is 12.1. The second-order valence-corrected chi connectivity index (χ2v) is 6.56. The number of fused-ring (bicyclic) bond motifs is 3. The molecule has 0 aliphatic carbocycles. The monoisotopic (exact) mass is 346 g/mol. The molecule has 0 spiro atoms. The summed E-state index contributed by atoms with van der Waals surface area (Å²) in [6, 6.07) is 0.340. The molecule has 1 unspecified atom stereocenters. The zero-order chi connectivity index (χ0) is 17.6. The first-order valence-corrected chi connectivity index (χ1v) is 8.76. The lowest BCUT2D eigenvalue weighted by molar-refractivity contribution is -0.383. The molecule has 9 heteroatoms. The summed E-state index contributed by atoms with van der Waals surface area (Å²) in [5.41, 5.74) is 1.40. The molecule has 0 N–H and O–H groups in total. The van der Waals surface area contributed by atoms with Gasteiger partial charge in [-0.15, -0.1) is 0 Å². The molecule has 2 aliphatic heterocycles. The fourth-order valence-electron chi connectivity index (χ4n) is 3.66. The van der Waals surface area contributed by atoms with Crippen LogP contribution in [0.5, 0.6) is 0 Å². The molecule has 134 valence electrons. The summed E-state index contributed by atoms with van der Waals surface area (Å²) in [6.07, 6.45) is 3.18. The van der Waals surface area contributed by atoms with Crippen molar-refractivity contribution in [1.82, 2.24) is 14.6 Å². The SMILES string of the molecule is CCC(C)N1CCc2c(N3CCOCC3)nc3c([N+](=O)[O-])cnn3c21. The lowest BCUT2D eigenvalue weighted by Crippen LogP contribution is -2.37. The molecule has 2 aromatic rings. The van der Waals surface area contributed by atoms with Crippen LogP contribution in [0.3, 0.4) is 0 Å². The molecule has 2 aromatic heterocycles. The number of aromatic nitrogens is 3. The molecule has 0 radical (unpaired) electrons. The van der Waals surface area contributed by atoms with E-state index in [2.05, 4.69) is 33.7 Å². The molecule has 0 amide bonds. The maximum Gasteiger partial charge on any atom is 0.333 e. The van der Waals surface area contributed by atoms with Crippen molar-refractivity contribution >= 4 is 23.0 Å². The Morgan fingerprint density at radius 2 is 2.12 bits per heavy atom. The van der Waals surface area contributed by atoms with Gasteiger partial charge in [0.25, 0.3) is 0 Å². The molecule has 1 fully saturated rings. The Balaban J connectivity index is 1.93. The van der Waals surface area contributed by atoms with E-state index in [1.165, 1.54) is 6.20 Å². The van der Waals surface area contributed by atoms with Gasteiger partial charge in [0.2, 0.25) is 5.65 Å². The van der Waals surface area contributed by atoms with Crippen molar-refractivity contribution in [1.29, 1.82) is 0 Å². The van der Waals surface area contributed by atoms with Gasteiger partial charge in [-0.05, 0) is 19.8 Å². The third kappa shape index (κ3) is 2.50. The predicted molar refractivity (Wildman–Crippen MR) is 93.5 cm³/mol. The molecule has 0 saturated carbocycles. The first kappa shape index (κ1) is 16.1. The zero-order valence-electron chi connectivity index (χ0n) is 14.5. The average molecular weight is 346 g/mol. The Labute approximate surface area is 145 Å². The molecule has 9 nitrogen and oxygen atoms in total. The van der Waals surface area contributed by atoms with Crippen molar-refractivity contribution in [2.75, 3.05) is 42.6 Å².